The Morgan fingerprint density at radius 3 is 1.88 bits per heavy atom. The Labute approximate surface area is 336 Å². The number of thioether (sulfide) groups is 1. The maximum atomic E-state index is 13.2. The van der Waals surface area contributed by atoms with Crippen LogP contribution in [-0.4, -0.2) is 127 Å². The van der Waals surface area contributed by atoms with Gasteiger partial charge in [-0.3, -0.25) is 19.4 Å². The summed E-state index contributed by atoms with van der Waals surface area (Å²) in [4.78, 5) is 48.1. The summed E-state index contributed by atoms with van der Waals surface area (Å²) in [5, 5.41) is 15.7. The molecule has 2 aliphatic carbocycles. The highest BCUT2D eigenvalue weighted by molar-refractivity contribution is 7.98. The van der Waals surface area contributed by atoms with Crippen molar-refractivity contribution in [2.75, 3.05) is 71.2 Å². The molecule has 2 aromatic rings. The number of morpholine rings is 2. The largest absolute Gasteiger partial charge is 0.405 e. The van der Waals surface area contributed by atoms with Crippen molar-refractivity contribution in [3.05, 3.63) is 70.8 Å². The van der Waals surface area contributed by atoms with E-state index in [2.05, 4.69) is 32.6 Å². The van der Waals surface area contributed by atoms with Gasteiger partial charge in [0, 0.05) is 50.4 Å². The molecule has 2 saturated carbocycles. The van der Waals surface area contributed by atoms with Crippen LogP contribution in [-0.2, 0) is 36.9 Å². The van der Waals surface area contributed by atoms with Crippen molar-refractivity contribution in [1.29, 1.82) is 0 Å². The summed E-state index contributed by atoms with van der Waals surface area (Å²) in [5.41, 5.74) is 2.38. The lowest BCUT2D eigenvalue weighted by Gasteiger charge is -2.37. The highest BCUT2D eigenvalue weighted by Crippen LogP contribution is 2.37. The number of amides is 2. The molecule has 2 saturated heterocycles. The van der Waals surface area contributed by atoms with Gasteiger partial charge in [0.1, 0.15) is 5.54 Å². The van der Waals surface area contributed by atoms with Gasteiger partial charge >= 0.3 is 5.97 Å². The summed E-state index contributed by atoms with van der Waals surface area (Å²) in [6.45, 7) is 8.63. The summed E-state index contributed by atoms with van der Waals surface area (Å²) in [6.07, 6.45) is 11.8. The Hall–Kier alpha value is -3.33. The lowest BCUT2D eigenvalue weighted by molar-refractivity contribution is -0.140. The lowest BCUT2D eigenvalue weighted by atomic mass is 9.80. The number of aliphatic hydroxyl groups excluding tert-OH is 1. The number of carbonyl (C=O) groups is 3. The molecule has 12 nitrogen and oxygen atoms in total. The highest BCUT2D eigenvalue weighted by Gasteiger charge is 2.46. The van der Waals surface area contributed by atoms with Crippen molar-refractivity contribution in [3.8, 4) is 0 Å². The Kier molecular flexibility index (Phi) is 15.8. The van der Waals surface area contributed by atoms with Crippen LogP contribution in [0.2, 0.25) is 0 Å². The van der Waals surface area contributed by atoms with Crippen LogP contribution in [0, 0.1) is 0 Å². The van der Waals surface area contributed by atoms with Crippen molar-refractivity contribution in [2.45, 2.75) is 101 Å². The average Bonchev–Trinajstić information content (AvgIpc) is 3.55. The van der Waals surface area contributed by atoms with E-state index < -0.39 is 11.1 Å². The van der Waals surface area contributed by atoms with Gasteiger partial charge in [-0.2, -0.15) is 11.8 Å². The molecule has 3 aliphatic heterocycles. The first-order valence-electron chi connectivity index (χ1n) is 20.7. The van der Waals surface area contributed by atoms with Gasteiger partial charge < -0.3 is 30.0 Å². The Bertz CT molecular complexity index is 1600. The summed E-state index contributed by atoms with van der Waals surface area (Å²) < 4.78 is 16.3. The second-order valence-electron chi connectivity index (χ2n) is 15.8. The molecule has 7 rings (SSSR count). The number of ether oxygens (including phenoxy) is 3. The third-order valence-electron chi connectivity index (χ3n) is 11.7. The molecule has 4 fully saturated rings. The topological polar surface area (TPSA) is 142 Å². The number of cyclic esters (lactones) is 1. The average molecular weight is 792 g/mol. The van der Waals surface area contributed by atoms with Gasteiger partial charge in [-0.05, 0) is 79.5 Å². The molecule has 3 N–H and O–H groups in total. The number of aliphatic hydroxyl groups is 1. The normalized spacial score (nSPS) is 21.6. The minimum Gasteiger partial charge on any atom is -0.405 e. The summed E-state index contributed by atoms with van der Waals surface area (Å²) in [5.74, 6) is 0.815. The first-order chi connectivity index (χ1) is 27.3. The molecular weight excluding hydrogens is 731 g/mol. The quantitative estimate of drug-likeness (QED) is 0.245. The molecule has 3 heterocycles. The molecule has 1 spiro atoms. The fraction of sp³-hybridized carbons (Fsp3) is 0.628. The van der Waals surface area contributed by atoms with Crippen molar-refractivity contribution in [3.63, 3.8) is 0 Å². The SMILES string of the molecule is CSCC[C@@H](CO)NC(=O)C1(NC(=O)c2ccc(CN3CCOCC3)cc2)CCCCC1.O=C1OC(c2ccc(CN3CCOCC3)cc2)=NC12CCCCC2. The fourth-order valence-electron chi connectivity index (χ4n) is 8.22. The van der Waals surface area contributed by atoms with E-state index in [9.17, 15) is 19.5 Å². The third kappa shape index (κ3) is 11.4. The van der Waals surface area contributed by atoms with E-state index in [1.54, 1.807) is 11.8 Å². The molecule has 5 aliphatic rings. The van der Waals surface area contributed by atoms with Gasteiger partial charge in [-0.15, -0.1) is 0 Å². The highest BCUT2D eigenvalue weighted by atomic mass is 32.2. The Balaban J connectivity index is 0.000000197. The van der Waals surface area contributed by atoms with Crippen molar-refractivity contribution >= 4 is 35.4 Å². The number of benzene rings is 2. The number of carbonyl (C=O) groups excluding carboxylic acids is 3. The zero-order valence-electron chi connectivity index (χ0n) is 33.1. The molecular formula is C43H61N5O7S. The van der Waals surface area contributed by atoms with E-state index in [1.807, 2.05) is 42.7 Å². The monoisotopic (exact) mass is 791 g/mol. The second-order valence-corrected chi connectivity index (χ2v) is 16.8. The number of esters is 1. The number of aliphatic imine (C=N–C) groups is 1. The Morgan fingerprint density at radius 1 is 0.804 bits per heavy atom. The molecule has 0 bridgehead atoms. The molecule has 56 heavy (non-hydrogen) atoms. The van der Waals surface area contributed by atoms with Crippen LogP contribution in [0.3, 0.4) is 0 Å². The zero-order valence-corrected chi connectivity index (χ0v) is 33.9. The third-order valence-corrected chi connectivity index (χ3v) is 12.4. The minimum atomic E-state index is -0.908. The predicted molar refractivity (Wildman–Crippen MR) is 219 cm³/mol. The minimum absolute atomic E-state index is 0.0963. The van der Waals surface area contributed by atoms with E-state index in [0.29, 0.717) is 30.7 Å². The van der Waals surface area contributed by atoms with Gasteiger partial charge in [0.05, 0.1) is 39.1 Å². The van der Waals surface area contributed by atoms with E-state index in [1.165, 1.54) is 12.0 Å². The van der Waals surface area contributed by atoms with Crippen LogP contribution >= 0.6 is 11.8 Å². The van der Waals surface area contributed by atoms with Gasteiger partial charge in [-0.1, -0.05) is 62.8 Å². The molecule has 2 amide bonds. The number of nitrogens with one attached hydrogen (secondary N) is 2. The van der Waals surface area contributed by atoms with Gasteiger partial charge in [0.2, 0.25) is 11.8 Å². The molecule has 306 valence electrons. The van der Waals surface area contributed by atoms with Crippen LogP contribution in [0.15, 0.2) is 53.5 Å². The van der Waals surface area contributed by atoms with Gasteiger partial charge in [0.25, 0.3) is 5.91 Å². The molecule has 1 atom stereocenters. The maximum Gasteiger partial charge on any atom is 0.340 e. The first kappa shape index (κ1) is 42.3. The zero-order chi connectivity index (χ0) is 39.2. The molecule has 0 unspecified atom stereocenters. The van der Waals surface area contributed by atoms with Crippen LogP contribution < -0.4 is 10.6 Å². The lowest BCUT2D eigenvalue weighted by Crippen LogP contribution is -2.61. The molecule has 0 aromatic heterocycles. The van der Waals surface area contributed by atoms with Crippen molar-refractivity contribution in [2.24, 2.45) is 4.99 Å². The number of hydrogen-bond acceptors (Lipinski definition) is 11. The van der Waals surface area contributed by atoms with Crippen molar-refractivity contribution in [1.82, 2.24) is 20.4 Å². The fourth-order valence-corrected chi connectivity index (χ4v) is 8.74. The van der Waals surface area contributed by atoms with E-state index >= 15 is 0 Å². The van der Waals surface area contributed by atoms with Crippen LogP contribution in [0.1, 0.15) is 97.7 Å². The van der Waals surface area contributed by atoms with E-state index in [-0.39, 0.29) is 30.4 Å². The number of rotatable bonds is 13. The summed E-state index contributed by atoms with van der Waals surface area (Å²) in [7, 11) is 0. The van der Waals surface area contributed by atoms with E-state index in [0.717, 1.165) is 128 Å². The summed E-state index contributed by atoms with van der Waals surface area (Å²) >= 11 is 1.69. The van der Waals surface area contributed by atoms with Crippen LogP contribution in [0.5, 0.6) is 0 Å². The second kappa shape index (κ2) is 20.9. The summed E-state index contributed by atoms with van der Waals surface area (Å²) in [6, 6.07) is 15.6. The van der Waals surface area contributed by atoms with Gasteiger partial charge in [-0.25, -0.2) is 9.79 Å². The smallest absolute Gasteiger partial charge is 0.340 e. The van der Waals surface area contributed by atoms with Crippen molar-refractivity contribution < 1.29 is 33.7 Å². The maximum absolute atomic E-state index is 13.2. The first-order valence-corrected chi connectivity index (χ1v) is 22.0. The van der Waals surface area contributed by atoms with Crippen LogP contribution in [0.25, 0.3) is 0 Å². The molecule has 0 radical (unpaired) electrons. The predicted octanol–water partition coefficient (Wildman–Crippen LogP) is 4.71. The Morgan fingerprint density at radius 2 is 1.34 bits per heavy atom. The standard InChI is InChI=1S/C24H37N3O4S.C19H24N2O3/c1-32-16-9-21(18-28)25-23(30)24(10-3-2-4-11-24)26-22(29)20-7-5-19(6-8-20)17-27-12-14-31-15-13-27;22-18-19(8-2-1-3-9-19)20-17(24-18)16-6-4-15(5-7-16)14-21-10-12-23-13-11-21/h5-8,21,28H,2-4,9-18H2,1H3,(H,25,30)(H,26,29);4-7H,1-3,8-14H2/t21-;/m0./s1. The number of hydrogen-bond donors (Lipinski definition) is 3. The van der Waals surface area contributed by atoms with Gasteiger partial charge in [0.15, 0.2) is 5.54 Å². The molecule has 13 heteroatoms. The van der Waals surface area contributed by atoms with E-state index in [4.69, 9.17) is 19.2 Å². The van der Waals surface area contributed by atoms with Crippen LogP contribution in [0.4, 0.5) is 0 Å². The molecule has 2 aromatic carbocycles. The number of nitrogens with zero attached hydrogens (tertiary/aromatic N) is 3.